The molecule has 0 radical (unpaired) electrons. The van der Waals surface area contributed by atoms with Crippen LogP contribution in [0.15, 0.2) is 68.3 Å². The average Bonchev–Trinajstić information content (AvgIpc) is 3.27. The van der Waals surface area contributed by atoms with Crippen molar-refractivity contribution < 1.29 is 9.53 Å². The first-order valence-corrected chi connectivity index (χ1v) is 12.5. The minimum absolute atomic E-state index is 0.119. The maximum absolute atomic E-state index is 13.7. The number of fused-ring (bicyclic) bond motifs is 2. The molecule has 1 unspecified atom stereocenters. The van der Waals surface area contributed by atoms with Gasteiger partial charge in [-0.25, -0.2) is 14.6 Å². The van der Waals surface area contributed by atoms with E-state index in [1.165, 1.54) is 15.9 Å². The summed E-state index contributed by atoms with van der Waals surface area (Å²) in [4.78, 5) is 44.0. The molecule has 2 aromatic carbocycles. The maximum Gasteiger partial charge on any atom is 0.338 e. The van der Waals surface area contributed by atoms with Gasteiger partial charge in [-0.05, 0) is 55.3 Å². The third-order valence-corrected chi connectivity index (χ3v) is 7.53. The second kappa shape index (κ2) is 9.07. The first kappa shape index (κ1) is 24.0. The number of thiazole rings is 1. The summed E-state index contributed by atoms with van der Waals surface area (Å²) in [5, 5.41) is 0.551. The predicted molar refractivity (Wildman–Crippen MR) is 140 cm³/mol. The van der Waals surface area contributed by atoms with Gasteiger partial charge in [-0.2, -0.15) is 0 Å². The van der Waals surface area contributed by atoms with Gasteiger partial charge in [0.15, 0.2) is 4.80 Å². The van der Waals surface area contributed by atoms with Crippen LogP contribution in [0.4, 0.5) is 0 Å². The molecule has 0 saturated heterocycles. The minimum atomic E-state index is -0.697. The number of carbonyl (C=O) groups excluding carboxylic acids is 1. The molecule has 3 heterocycles. The van der Waals surface area contributed by atoms with Crippen LogP contribution < -0.4 is 20.6 Å². The molecule has 0 N–H and O–H groups in total. The van der Waals surface area contributed by atoms with Crippen molar-refractivity contribution in [1.82, 2.24) is 13.7 Å². The van der Waals surface area contributed by atoms with Crippen molar-refractivity contribution in [2.45, 2.75) is 19.9 Å². The molecule has 2 aromatic heterocycles. The Bertz CT molecular complexity index is 1810. The highest BCUT2D eigenvalue weighted by atomic mass is 35.5. The molecule has 0 fully saturated rings. The Morgan fingerprint density at radius 2 is 1.81 bits per heavy atom. The molecule has 1 atom stereocenters. The monoisotopic (exact) mass is 522 g/mol. The summed E-state index contributed by atoms with van der Waals surface area (Å²) in [7, 11) is 3.44. The highest BCUT2D eigenvalue weighted by Gasteiger charge is 2.33. The van der Waals surface area contributed by atoms with Crippen LogP contribution >= 0.6 is 22.9 Å². The zero-order valence-electron chi connectivity index (χ0n) is 20.1. The van der Waals surface area contributed by atoms with E-state index in [0.29, 0.717) is 25.6 Å². The molecule has 0 aliphatic carbocycles. The summed E-state index contributed by atoms with van der Waals surface area (Å²) in [5.74, 6) is -0.511. The number of carbonyl (C=O) groups is 1. The summed E-state index contributed by atoms with van der Waals surface area (Å²) in [6, 6.07) is 12.0. The van der Waals surface area contributed by atoms with E-state index in [1.807, 2.05) is 18.2 Å². The number of halogens is 1. The number of aromatic nitrogens is 3. The number of hydrogen-bond acceptors (Lipinski definition) is 6. The number of hydrogen-bond donors (Lipinski definition) is 0. The Morgan fingerprint density at radius 1 is 1.11 bits per heavy atom. The Morgan fingerprint density at radius 3 is 2.50 bits per heavy atom. The van der Waals surface area contributed by atoms with Gasteiger partial charge in [-0.1, -0.05) is 41.1 Å². The Labute approximate surface area is 214 Å². The number of rotatable bonds is 4. The lowest BCUT2D eigenvalue weighted by atomic mass is 9.96. The summed E-state index contributed by atoms with van der Waals surface area (Å²) in [5.41, 5.74) is 3.51. The molecular formula is C26H23ClN4O4S. The first-order chi connectivity index (χ1) is 17.2. The highest BCUT2D eigenvalue weighted by molar-refractivity contribution is 7.07. The van der Waals surface area contributed by atoms with Crippen molar-refractivity contribution in [2.75, 3.05) is 6.61 Å². The van der Waals surface area contributed by atoms with Crippen LogP contribution in [0, 0.1) is 0 Å². The van der Waals surface area contributed by atoms with Crippen LogP contribution in [0.2, 0.25) is 5.02 Å². The van der Waals surface area contributed by atoms with Crippen molar-refractivity contribution in [3.8, 4) is 0 Å². The van der Waals surface area contributed by atoms with Gasteiger partial charge < -0.3 is 4.74 Å². The fourth-order valence-corrected chi connectivity index (χ4v) is 5.69. The topological polar surface area (TPSA) is 87.6 Å². The van der Waals surface area contributed by atoms with Crippen molar-refractivity contribution in [2.24, 2.45) is 19.1 Å². The lowest BCUT2D eigenvalue weighted by Gasteiger charge is -2.24. The Hall–Kier alpha value is -3.69. The SMILES string of the molecule is CCOC(=O)C1=C(C)N=c2s/c(=C/c3ccc4c(c3)n(C)c(=O)n4C)c(=O)n2C1c1ccc(Cl)cc1. The summed E-state index contributed by atoms with van der Waals surface area (Å²) in [6.45, 7) is 3.69. The van der Waals surface area contributed by atoms with E-state index in [9.17, 15) is 14.4 Å². The van der Waals surface area contributed by atoms with E-state index in [2.05, 4.69) is 4.99 Å². The number of benzene rings is 2. The van der Waals surface area contributed by atoms with Crippen LogP contribution in [0.25, 0.3) is 17.1 Å². The van der Waals surface area contributed by atoms with Crippen LogP contribution in [0.1, 0.15) is 31.0 Å². The van der Waals surface area contributed by atoms with E-state index in [-0.39, 0.29) is 17.9 Å². The van der Waals surface area contributed by atoms with Gasteiger partial charge in [0.2, 0.25) is 0 Å². The van der Waals surface area contributed by atoms with E-state index in [0.717, 1.165) is 22.2 Å². The Kier molecular flexibility index (Phi) is 6.05. The zero-order chi connectivity index (χ0) is 25.7. The standard InChI is InChI=1S/C26H23ClN4O4S/c1-5-35-24(33)21-14(2)28-25-31(22(21)16-7-9-17(27)10-8-16)23(32)20(36-25)13-15-6-11-18-19(12-15)30(4)26(34)29(18)3/h6-13,22H,5H2,1-4H3/b20-13+. The quantitative estimate of drug-likeness (QED) is 0.385. The van der Waals surface area contributed by atoms with E-state index >= 15 is 0 Å². The maximum atomic E-state index is 13.7. The van der Waals surface area contributed by atoms with Gasteiger partial charge in [0.05, 0.1) is 39.5 Å². The molecule has 1 aliphatic heterocycles. The average molecular weight is 523 g/mol. The molecule has 5 rings (SSSR count). The largest absolute Gasteiger partial charge is 0.463 e. The second-order valence-electron chi connectivity index (χ2n) is 8.50. The molecule has 4 aromatic rings. The van der Waals surface area contributed by atoms with Crippen molar-refractivity contribution in [1.29, 1.82) is 0 Å². The van der Waals surface area contributed by atoms with E-state index in [1.54, 1.807) is 67.4 Å². The fraction of sp³-hybridized carbons (Fsp3) is 0.231. The van der Waals surface area contributed by atoms with Crippen LogP contribution in [-0.4, -0.2) is 26.3 Å². The number of allylic oxidation sites excluding steroid dienone is 1. The normalized spacial score (nSPS) is 15.8. The van der Waals surface area contributed by atoms with Crippen LogP contribution in [-0.2, 0) is 23.6 Å². The van der Waals surface area contributed by atoms with Gasteiger partial charge in [0.1, 0.15) is 0 Å². The molecule has 0 saturated carbocycles. The second-order valence-corrected chi connectivity index (χ2v) is 9.95. The lowest BCUT2D eigenvalue weighted by molar-refractivity contribution is -0.139. The number of imidazole rings is 1. The molecule has 36 heavy (non-hydrogen) atoms. The van der Waals surface area contributed by atoms with Gasteiger partial charge in [0.25, 0.3) is 5.56 Å². The van der Waals surface area contributed by atoms with E-state index in [4.69, 9.17) is 16.3 Å². The van der Waals surface area contributed by atoms with Crippen LogP contribution in [0.3, 0.4) is 0 Å². The molecule has 10 heteroatoms. The fourth-order valence-electron chi connectivity index (χ4n) is 4.52. The first-order valence-electron chi connectivity index (χ1n) is 11.3. The lowest BCUT2D eigenvalue weighted by Crippen LogP contribution is -2.39. The molecule has 8 nitrogen and oxygen atoms in total. The van der Waals surface area contributed by atoms with Crippen molar-refractivity contribution in [3.05, 3.63) is 100 Å². The third kappa shape index (κ3) is 3.84. The molecule has 0 spiro atoms. The molecule has 0 bridgehead atoms. The predicted octanol–water partition coefficient (Wildman–Crippen LogP) is 2.64. The molecule has 0 amide bonds. The number of aryl methyl sites for hydroxylation is 2. The van der Waals surface area contributed by atoms with Crippen molar-refractivity contribution >= 4 is 46.0 Å². The number of ether oxygens (including phenoxy) is 1. The van der Waals surface area contributed by atoms with Gasteiger partial charge in [-0.3, -0.25) is 18.5 Å². The highest BCUT2D eigenvalue weighted by Crippen LogP contribution is 2.31. The van der Waals surface area contributed by atoms with Gasteiger partial charge >= 0.3 is 11.7 Å². The van der Waals surface area contributed by atoms with E-state index < -0.39 is 12.0 Å². The van der Waals surface area contributed by atoms with Gasteiger partial charge in [0, 0.05) is 19.1 Å². The third-order valence-electron chi connectivity index (χ3n) is 6.30. The minimum Gasteiger partial charge on any atom is -0.463 e. The summed E-state index contributed by atoms with van der Waals surface area (Å²) < 4.78 is 10.5. The molecular weight excluding hydrogens is 500 g/mol. The Balaban J connectivity index is 1.72. The number of esters is 1. The van der Waals surface area contributed by atoms with Gasteiger partial charge in [-0.15, -0.1) is 0 Å². The summed E-state index contributed by atoms with van der Waals surface area (Å²) in [6.07, 6.45) is 1.78. The zero-order valence-corrected chi connectivity index (χ0v) is 21.7. The number of nitrogens with zero attached hydrogens (tertiary/aromatic N) is 4. The molecule has 1 aliphatic rings. The summed E-state index contributed by atoms with van der Waals surface area (Å²) >= 11 is 7.35. The van der Waals surface area contributed by atoms with Crippen molar-refractivity contribution in [3.63, 3.8) is 0 Å². The van der Waals surface area contributed by atoms with Crippen LogP contribution in [0.5, 0.6) is 0 Å². The smallest absolute Gasteiger partial charge is 0.338 e. The molecule has 184 valence electrons.